The summed E-state index contributed by atoms with van der Waals surface area (Å²) in [6.45, 7) is 9.25. The standard InChI is InChI=1S/C20H26N3O2P.C2H6/c1-3-14-4-5-16(12-19(14)21-2)22-20(24)15-10-17(13-18(26)11-15)23-6-8-25-9-7-23;1-2/h4-5,10-13,21H,3,6-9,26H2,1-2H3,(H,22,24);1-2H3. The van der Waals surface area contributed by atoms with Crippen LogP contribution in [0, 0.1) is 0 Å². The molecule has 6 heteroatoms. The van der Waals surface area contributed by atoms with Crippen LogP contribution in [0.15, 0.2) is 36.4 Å². The number of benzene rings is 2. The number of nitrogens with one attached hydrogen (secondary N) is 2. The summed E-state index contributed by atoms with van der Waals surface area (Å²) in [6, 6.07) is 11.9. The van der Waals surface area contributed by atoms with Crippen molar-refractivity contribution in [1.29, 1.82) is 0 Å². The highest BCUT2D eigenvalue weighted by Crippen LogP contribution is 2.23. The Bertz CT molecular complexity index is 789. The number of morpholine rings is 1. The number of ether oxygens (including phenoxy) is 1. The molecule has 1 amide bonds. The minimum absolute atomic E-state index is 0.102. The third kappa shape index (κ3) is 5.70. The van der Waals surface area contributed by atoms with Crippen LogP contribution in [0.5, 0.6) is 0 Å². The Morgan fingerprint density at radius 2 is 1.86 bits per heavy atom. The zero-order valence-electron chi connectivity index (χ0n) is 17.3. The van der Waals surface area contributed by atoms with Gasteiger partial charge in [0.1, 0.15) is 0 Å². The molecule has 1 atom stereocenters. The first-order valence-corrected chi connectivity index (χ1v) is 10.5. The van der Waals surface area contributed by atoms with Crippen LogP contribution in [0.3, 0.4) is 0 Å². The molecule has 2 aromatic rings. The lowest BCUT2D eigenvalue weighted by molar-refractivity contribution is 0.102. The molecule has 5 nitrogen and oxygen atoms in total. The number of hydrogen-bond donors (Lipinski definition) is 2. The van der Waals surface area contributed by atoms with Gasteiger partial charge in [0.25, 0.3) is 5.91 Å². The third-order valence-corrected chi connectivity index (χ3v) is 4.93. The monoisotopic (exact) mass is 401 g/mol. The molecule has 1 fully saturated rings. The molecular formula is C22H32N3O2P. The minimum Gasteiger partial charge on any atom is -0.388 e. The maximum Gasteiger partial charge on any atom is 0.255 e. The molecule has 1 unspecified atom stereocenters. The van der Waals surface area contributed by atoms with Crippen LogP contribution in [-0.4, -0.2) is 39.3 Å². The van der Waals surface area contributed by atoms with Crippen molar-refractivity contribution in [2.45, 2.75) is 27.2 Å². The lowest BCUT2D eigenvalue weighted by Gasteiger charge is -2.29. The van der Waals surface area contributed by atoms with E-state index in [4.69, 9.17) is 4.74 Å². The van der Waals surface area contributed by atoms with Gasteiger partial charge in [-0.15, -0.1) is 9.24 Å². The van der Waals surface area contributed by atoms with Crippen LogP contribution < -0.4 is 20.8 Å². The maximum atomic E-state index is 12.8. The number of aryl methyl sites for hydroxylation is 1. The SMILES string of the molecule is CC.CCc1ccc(NC(=O)c2cc(P)cc(N3CCOCC3)c2)cc1NC. The zero-order chi connectivity index (χ0) is 20.5. The Balaban J connectivity index is 0.00000136. The normalized spacial score (nSPS) is 13.4. The van der Waals surface area contributed by atoms with Gasteiger partial charge in [0.05, 0.1) is 13.2 Å². The van der Waals surface area contributed by atoms with Crippen molar-refractivity contribution in [2.24, 2.45) is 0 Å². The lowest BCUT2D eigenvalue weighted by Crippen LogP contribution is -2.36. The van der Waals surface area contributed by atoms with Gasteiger partial charge in [0, 0.05) is 42.8 Å². The summed E-state index contributed by atoms with van der Waals surface area (Å²) in [5.41, 5.74) is 4.78. The molecule has 0 saturated carbocycles. The highest BCUT2D eigenvalue weighted by Gasteiger charge is 2.15. The smallest absolute Gasteiger partial charge is 0.255 e. The van der Waals surface area contributed by atoms with Crippen LogP contribution >= 0.6 is 9.24 Å². The van der Waals surface area contributed by atoms with E-state index < -0.39 is 0 Å². The average Bonchev–Trinajstić information content (AvgIpc) is 2.75. The average molecular weight is 401 g/mol. The van der Waals surface area contributed by atoms with Crippen molar-refractivity contribution in [3.05, 3.63) is 47.5 Å². The third-order valence-electron chi connectivity index (χ3n) is 4.60. The summed E-state index contributed by atoms with van der Waals surface area (Å²) in [4.78, 5) is 15.0. The van der Waals surface area contributed by atoms with Crippen molar-refractivity contribution >= 4 is 37.5 Å². The molecule has 0 aliphatic carbocycles. The fraction of sp³-hybridized carbons (Fsp3) is 0.409. The van der Waals surface area contributed by atoms with Gasteiger partial charge in [-0.25, -0.2) is 0 Å². The fourth-order valence-corrected chi connectivity index (χ4v) is 3.52. The zero-order valence-corrected chi connectivity index (χ0v) is 18.5. The van der Waals surface area contributed by atoms with E-state index in [1.165, 1.54) is 5.56 Å². The van der Waals surface area contributed by atoms with Crippen LogP contribution in [-0.2, 0) is 11.2 Å². The predicted molar refractivity (Wildman–Crippen MR) is 123 cm³/mol. The van der Waals surface area contributed by atoms with E-state index in [2.05, 4.69) is 37.8 Å². The topological polar surface area (TPSA) is 53.6 Å². The molecule has 1 aliphatic heterocycles. The number of hydrogen-bond acceptors (Lipinski definition) is 4. The Hall–Kier alpha value is -2.10. The second-order valence-corrected chi connectivity index (χ2v) is 7.01. The summed E-state index contributed by atoms with van der Waals surface area (Å²) >= 11 is 0. The number of rotatable bonds is 5. The van der Waals surface area contributed by atoms with Crippen LogP contribution in [0.2, 0.25) is 0 Å². The predicted octanol–water partition coefficient (Wildman–Crippen LogP) is 3.91. The van der Waals surface area contributed by atoms with Gasteiger partial charge in [0.2, 0.25) is 0 Å². The van der Waals surface area contributed by atoms with E-state index in [9.17, 15) is 4.79 Å². The highest BCUT2D eigenvalue weighted by atomic mass is 31.0. The van der Waals surface area contributed by atoms with Crippen molar-refractivity contribution in [2.75, 3.05) is 48.9 Å². The van der Waals surface area contributed by atoms with Crippen LogP contribution in [0.4, 0.5) is 17.1 Å². The summed E-state index contributed by atoms with van der Waals surface area (Å²) < 4.78 is 5.42. The van der Waals surface area contributed by atoms with Crippen molar-refractivity contribution in [1.82, 2.24) is 0 Å². The van der Waals surface area contributed by atoms with Gasteiger partial charge >= 0.3 is 0 Å². The molecule has 1 saturated heterocycles. The van der Waals surface area contributed by atoms with Gasteiger partial charge in [-0.1, -0.05) is 26.8 Å². The maximum absolute atomic E-state index is 12.8. The van der Waals surface area contributed by atoms with Gasteiger partial charge in [-0.05, 0) is 47.6 Å². The molecule has 2 aromatic carbocycles. The van der Waals surface area contributed by atoms with E-state index in [1.807, 2.05) is 51.2 Å². The molecule has 0 aromatic heterocycles. The molecule has 0 spiro atoms. The van der Waals surface area contributed by atoms with E-state index in [-0.39, 0.29) is 5.91 Å². The number of carbonyl (C=O) groups is 1. The Labute approximate surface area is 171 Å². The Morgan fingerprint density at radius 3 is 2.50 bits per heavy atom. The van der Waals surface area contributed by atoms with Gasteiger partial charge in [-0.2, -0.15) is 0 Å². The summed E-state index contributed by atoms with van der Waals surface area (Å²) in [5, 5.41) is 7.19. The van der Waals surface area contributed by atoms with Crippen molar-refractivity contribution in [3.63, 3.8) is 0 Å². The first kappa shape index (κ1) is 22.2. The largest absolute Gasteiger partial charge is 0.388 e. The number of carbonyl (C=O) groups excluding carboxylic acids is 1. The molecule has 28 heavy (non-hydrogen) atoms. The highest BCUT2D eigenvalue weighted by molar-refractivity contribution is 7.27. The van der Waals surface area contributed by atoms with E-state index in [0.29, 0.717) is 5.56 Å². The molecule has 0 bridgehead atoms. The van der Waals surface area contributed by atoms with E-state index >= 15 is 0 Å². The molecule has 152 valence electrons. The van der Waals surface area contributed by atoms with Crippen LogP contribution in [0.1, 0.15) is 36.7 Å². The number of anilines is 3. The van der Waals surface area contributed by atoms with Crippen molar-refractivity contribution < 1.29 is 9.53 Å². The van der Waals surface area contributed by atoms with Crippen LogP contribution in [0.25, 0.3) is 0 Å². The van der Waals surface area contributed by atoms with Gasteiger partial charge in [0.15, 0.2) is 0 Å². The summed E-state index contributed by atoms with van der Waals surface area (Å²) in [7, 11) is 4.59. The fourth-order valence-electron chi connectivity index (χ4n) is 3.17. The first-order chi connectivity index (χ1) is 13.6. The lowest BCUT2D eigenvalue weighted by atomic mass is 10.1. The van der Waals surface area contributed by atoms with Crippen molar-refractivity contribution in [3.8, 4) is 0 Å². The molecule has 1 aliphatic rings. The number of nitrogens with zero attached hydrogens (tertiary/aromatic N) is 1. The second-order valence-electron chi connectivity index (χ2n) is 6.34. The molecule has 0 radical (unpaired) electrons. The molecular weight excluding hydrogens is 369 g/mol. The van der Waals surface area contributed by atoms with Gasteiger partial charge in [-0.3, -0.25) is 4.79 Å². The van der Waals surface area contributed by atoms with E-state index in [1.54, 1.807) is 0 Å². The molecule has 1 heterocycles. The Morgan fingerprint density at radius 1 is 1.14 bits per heavy atom. The minimum atomic E-state index is -0.102. The molecule has 2 N–H and O–H groups in total. The second kappa shape index (κ2) is 11.0. The summed E-state index contributed by atoms with van der Waals surface area (Å²) in [6.07, 6.45) is 0.947. The van der Waals surface area contributed by atoms with E-state index in [0.717, 1.165) is 55.1 Å². The molecule has 3 rings (SSSR count). The van der Waals surface area contributed by atoms with Gasteiger partial charge < -0.3 is 20.3 Å². The number of amides is 1. The summed E-state index contributed by atoms with van der Waals surface area (Å²) in [5.74, 6) is -0.102. The quantitative estimate of drug-likeness (QED) is 0.746. The Kier molecular flexibility index (Phi) is 8.75. The first-order valence-electron chi connectivity index (χ1n) is 9.96.